The summed E-state index contributed by atoms with van der Waals surface area (Å²) < 4.78 is 11.7. The highest BCUT2D eigenvalue weighted by molar-refractivity contribution is 5.75. The van der Waals surface area contributed by atoms with Gasteiger partial charge in [0.15, 0.2) is 6.29 Å². The largest absolute Gasteiger partial charge is 0.480 e. The van der Waals surface area contributed by atoms with E-state index in [1.165, 1.54) is 32.1 Å². The number of aliphatic carboxylic acids is 1. The Kier molecular flexibility index (Phi) is 9.78. The number of carboxylic acids is 1. The minimum Gasteiger partial charge on any atom is -0.480 e. The predicted octanol–water partition coefficient (Wildman–Crippen LogP) is 4.04. The Balaban J connectivity index is 0.000000330. The van der Waals surface area contributed by atoms with Crippen molar-refractivity contribution >= 4 is 5.97 Å². The van der Waals surface area contributed by atoms with Gasteiger partial charge < -0.3 is 25.6 Å². The fraction of sp³-hybridized carbons (Fsp3) is 0.720. The first-order valence-electron chi connectivity index (χ1n) is 12.1. The van der Waals surface area contributed by atoms with Gasteiger partial charge in [0.25, 0.3) is 0 Å². The molecule has 1 aromatic rings. The highest BCUT2D eigenvalue weighted by atomic mass is 16.7. The van der Waals surface area contributed by atoms with Gasteiger partial charge in [-0.05, 0) is 63.5 Å². The first kappa shape index (κ1) is 24.2. The first-order valence-corrected chi connectivity index (χ1v) is 12.1. The van der Waals surface area contributed by atoms with E-state index in [4.69, 9.17) is 15.2 Å². The number of hydrogen-bond donors (Lipinski definition) is 3. The van der Waals surface area contributed by atoms with Crippen molar-refractivity contribution in [2.75, 3.05) is 13.2 Å². The first-order chi connectivity index (χ1) is 15.0. The lowest BCUT2D eigenvalue weighted by molar-refractivity contribution is -0.187. The van der Waals surface area contributed by atoms with Gasteiger partial charge in [-0.15, -0.1) is 0 Å². The quantitative estimate of drug-likeness (QED) is 0.628. The molecule has 0 radical (unpaired) electrons. The summed E-state index contributed by atoms with van der Waals surface area (Å²) in [5.74, 6) is -0.565. The van der Waals surface area contributed by atoms with Crippen molar-refractivity contribution in [1.82, 2.24) is 5.32 Å². The molecular weight excluding hydrogens is 392 g/mol. The molecule has 0 amide bonds. The van der Waals surface area contributed by atoms with E-state index in [0.29, 0.717) is 12.6 Å². The summed E-state index contributed by atoms with van der Waals surface area (Å²) in [4.78, 5) is 11.6. The van der Waals surface area contributed by atoms with Gasteiger partial charge >= 0.3 is 5.97 Å². The summed E-state index contributed by atoms with van der Waals surface area (Å²) in [6, 6.07) is 9.96. The molecule has 6 nitrogen and oxygen atoms in total. The molecule has 174 valence electrons. The number of benzene rings is 1. The Morgan fingerprint density at radius 2 is 1.87 bits per heavy atom. The molecule has 5 atom stereocenters. The van der Waals surface area contributed by atoms with Crippen LogP contribution >= 0.6 is 0 Å². The predicted molar refractivity (Wildman–Crippen MR) is 122 cm³/mol. The number of rotatable bonds is 6. The monoisotopic (exact) mass is 432 g/mol. The molecule has 0 bridgehead atoms. The van der Waals surface area contributed by atoms with Crippen LogP contribution in [0.25, 0.3) is 0 Å². The average molecular weight is 433 g/mol. The maximum absolute atomic E-state index is 11.6. The molecule has 2 saturated heterocycles. The molecular formula is C25H40N2O4. The lowest BCUT2D eigenvalue weighted by Gasteiger charge is -2.29. The van der Waals surface area contributed by atoms with E-state index in [-0.39, 0.29) is 24.2 Å². The van der Waals surface area contributed by atoms with E-state index in [0.717, 1.165) is 37.9 Å². The summed E-state index contributed by atoms with van der Waals surface area (Å²) in [6.07, 6.45) is 10.7. The zero-order chi connectivity index (χ0) is 22.1. The lowest BCUT2D eigenvalue weighted by atomic mass is 9.81. The second-order valence-electron chi connectivity index (χ2n) is 9.30. The van der Waals surface area contributed by atoms with Crippen LogP contribution in [-0.2, 0) is 14.3 Å². The van der Waals surface area contributed by atoms with Crippen molar-refractivity contribution < 1.29 is 19.4 Å². The van der Waals surface area contributed by atoms with Gasteiger partial charge in [-0.1, -0.05) is 49.6 Å². The normalized spacial score (nSPS) is 30.3. The van der Waals surface area contributed by atoms with E-state index in [9.17, 15) is 9.90 Å². The highest BCUT2D eigenvalue weighted by Crippen LogP contribution is 2.36. The topological polar surface area (TPSA) is 93.8 Å². The molecule has 4 unspecified atom stereocenters. The molecule has 1 saturated carbocycles. The minimum atomic E-state index is -0.782. The average Bonchev–Trinajstić information content (AvgIpc) is 3.20. The smallest absolute Gasteiger partial charge is 0.321 e. The van der Waals surface area contributed by atoms with Crippen molar-refractivity contribution in [2.45, 2.75) is 95.1 Å². The third-order valence-corrected chi connectivity index (χ3v) is 6.72. The molecule has 4 N–H and O–H groups in total. The Bertz CT molecular complexity index is 644. The fourth-order valence-electron chi connectivity index (χ4n) is 5.11. The molecule has 31 heavy (non-hydrogen) atoms. The van der Waals surface area contributed by atoms with E-state index >= 15 is 0 Å². The van der Waals surface area contributed by atoms with Crippen LogP contribution < -0.4 is 11.1 Å². The van der Waals surface area contributed by atoms with E-state index < -0.39 is 12.0 Å². The molecule has 1 aliphatic carbocycles. The summed E-state index contributed by atoms with van der Waals surface area (Å²) in [5.41, 5.74) is 6.72. The third kappa shape index (κ3) is 7.56. The van der Waals surface area contributed by atoms with Gasteiger partial charge in [-0.2, -0.15) is 0 Å². The van der Waals surface area contributed by atoms with Crippen molar-refractivity contribution in [2.24, 2.45) is 11.7 Å². The van der Waals surface area contributed by atoms with Gasteiger partial charge in [-0.3, -0.25) is 4.79 Å². The Morgan fingerprint density at radius 3 is 2.45 bits per heavy atom. The van der Waals surface area contributed by atoms with Crippen molar-refractivity contribution in [3.8, 4) is 0 Å². The molecule has 3 fully saturated rings. The van der Waals surface area contributed by atoms with Crippen molar-refractivity contribution in [3.05, 3.63) is 35.9 Å². The van der Waals surface area contributed by atoms with Crippen LogP contribution in [0.5, 0.6) is 0 Å². The Hall–Kier alpha value is -1.47. The van der Waals surface area contributed by atoms with Gasteiger partial charge in [0.05, 0.1) is 6.10 Å². The van der Waals surface area contributed by atoms with E-state index in [2.05, 4.69) is 12.2 Å². The summed E-state index contributed by atoms with van der Waals surface area (Å²) in [5, 5.41) is 12.7. The second kappa shape index (κ2) is 12.5. The molecule has 0 aromatic heterocycles. The maximum atomic E-state index is 11.6. The number of nitrogens with one attached hydrogen (secondary N) is 1. The van der Waals surface area contributed by atoms with Crippen LogP contribution in [-0.4, -0.2) is 48.7 Å². The van der Waals surface area contributed by atoms with Crippen LogP contribution in [0.2, 0.25) is 0 Å². The molecule has 6 heteroatoms. The molecule has 3 aliphatic rings. The zero-order valence-electron chi connectivity index (χ0n) is 18.9. The van der Waals surface area contributed by atoms with E-state index in [1.807, 2.05) is 30.3 Å². The summed E-state index contributed by atoms with van der Waals surface area (Å²) in [7, 11) is 0. The number of hydrogen-bond acceptors (Lipinski definition) is 5. The van der Waals surface area contributed by atoms with Crippen molar-refractivity contribution in [1.29, 1.82) is 0 Å². The number of carboxylic acid groups (broad SMARTS) is 1. The Labute approximate surface area is 186 Å². The highest BCUT2D eigenvalue weighted by Gasteiger charge is 2.41. The maximum Gasteiger partial charge on any atom is 0.321 e. The number of ether oxygens (including phenoxy) is 2. The number of nitrogens with two attached hydrogens (primary N) is 1. The van der Waals surface area contributed by atoms with Gasteiger partial charge in [0.2, 0.25) is 0 Å². The third-order valence-electron chi connectivity index (χ3n) is 6.72. The minimum absolute atomic E-state index is 0.0259. The molecule has 2 heterocycles. The SMILES string of the molecule is CC(CC1CN[C@H](C(=O)O)C1c1ccccc1)OC1CCCCO1.NC1CCCCC1. The molecule has 2 aliphatic heterocycles. The van der Waals surface area contributed by atoms with E-state index in [1.54, 1.807) is 0 Å². The van der Waals surface area contributed by atoms with Crippen LogP contribution in [0.1, 0.15) is 76.2 Å². The van der Waals surface area contributed by atoms with Gasteiger partial charge in [0, 0.05) is 18.6 Å². The van der Waals surface area contributed by atoms with Crippen molar-refractivity contribution in [3.63, 3.8) is 0 Å². The Morgan fingerprint density at radius 1 is 1.16 bits per heavy atom. The van der Waals surface area contributed by atoms with Gasteiger partial charge in [0.1, 0.15) is 6.04 Å². The standard InChI is InChI=1S/C19H27NO4.C6H13N/c1-13(24-16-9-5-6-10-23-16)11-15-12-20-18(19(21)22)17(15)14-7-3-2-4-8-14;7-6-4-2-1-3-5-6/h2-4,7-8,13,15-18,20H,5-6,9-12H2,1H3,(H,21,22);6H,1-5,7H2/t13?,15?,16?,17?,18-;/m0./s1. The summed E-state index contributed by atoms with van der Waals surface area (Å²) >= 11 is 0. The van der Waals surface area contributed by atoms with Crippen LogP contribution in [0.15, 0.2) is 30.3 Å². The van der Waals surface area contributed by atoms with Crippen LogP contribution in [0, 0.1) is 5.92 Å². The summed E-state index contributed by atoms with van der Waals surface area (Å²) in [6.45, 7) is 3.54. The second-order valence-corrected chi connectivity index (χ2v) is 9.30. The molecule has 0 spiro atoms. The van der Waals surface area contributed by atoms with Crippen LogP contribution in [0.3, 0.4) is 0 Å². The lowest BCUT2D eigenvalue weighted by Crippen LogP contribution is -2.35. The van der Waals surface area contributed by atoms with Crippen LogP contribution in [0.4, 0.5) is 0 Å². The fourth-order valence-corrected chi connectivity index (χ4v) is 5.11. The molecule has 1 aromatic carbocycles. The zero-order valence-corrected chi connectivity index (χ0v) is 18.9. The number of carbonyl (C=O) groups is 1. The molecule has 4 rings (SSSR count). The van der Waals surface area contributed by atoms with Gasteiger partial charge in [-0.25, -0.2) is 0 Å².